The molecule has 0 radical (unpaired) electrons. The van der Waals surface area contributed by atoms with Crippen LogP contribution in [-0.4, -0.2) is 17.9 Å². The zero-order valence-corrected chi connectivity index (χ0v) is 11.0. The number of fused-ring (bicyclic) bond motifs is 1. The molecule has 0 saturated heterocycles. The molecule has 0 fully saturated rings. The van der Waals surface area contributed by atoms with Crippen LogP contribution in [0.2, 0.25) is 0 Å². The lowest BCUT2D eigenvalue weighted by Crippen LogP contribution is -2.37. The van der Waals surface area contributed by atoms with Crippen molar-refractivity contribution in [2.45, 2.75) is 18.9 Å². The van der Waals surface area contributed by atoms with E-state index in [0.717, 1.165) is 16.5 Å². The molecule has 2 amide bonds. The summed E-state index contributed by atoms with van der Waals surface area (Å²) in [6.45, 7) is 0. The highest BCUT2D eigenvalue weighted by molar-refractivity contribution is 5.94. The monoisotopic (exact) mass is 271 g/mol. The lowest BCUT2D eigenvalue weighted by molar-refractivity contribution is -0.119. The van der Waals surface area contributed by atoms with Crippen LogP contribution in [0.4, 0.5) is 5.69 Å². The van der Waals surface area contributed by atoms with Gasteiger partial charge in [-0.2, -0.15) is 0 Å². The molecule has 2 aromatic rings. The lowest BCUT2D eigenvalue weighted by atomic mass is 10.1. The molecule has 104 valence electrons. The van der Waals surface area contributed by atoms with Gasteiger partial charge in [0.15, 0.2) is 0 Å². The van der Waals surface area contributed by atoms with Crippen molar-refractivity contribution in [3.05, 3.63) is 42.5 Å². The first-order valence-electron chi connectivity index (χ1n) is 6.40. The maximum Gasteiger partial charge on any atom is 0.234 e. The summed E-state index contributed by atoms with van der Waals surface area (Å²) in [5, 5.41) is 4.95. The van der Waals surface area contributed by atoms with E-state index in [1.807, 2.05) is 42.5 Å². The minimum atomic E-state index is -0.780. The average Bonchev–Trinajstić information content (AvgIpc) is 2.44. The Morgan fingerprint density at radius 3 is 2.50 bits per heavy atom. The van der Waals surface area contributed by atoms with Gasteiger partial charge in [-0.3, -0.25) is 9.59 Å². The van der Waals surface area contributed by atoms with E-state index in [1.54, 1.807) is 0 Å². The predicted octanol–water partition coefficient (Wildman–Crippen LogP) is 1.37. The Labute approximate surface area is 116 Å². The van der Waals surface area contributed by atoms with Crippen molar-refractivity contribution >= 4 is 28.3 Å². The van der Waals surface area contributed by atoms with E-state index in [2.05, 4.69) is 5.32 Å². The molecular formula is C15H17N3O2. The van der Waals surface area contributed by atoms with E-state index in [0.29, 0.717) is 0 Å². The first-order chi connectivity index (χ1) is 9.56. The van der Waals surface area contributed by atoms with Gasteiger partial charge in [0.1, 0.15) is 0 Å². The predicted molar refractivity (Wildman–Crippen MR) is 79.0 cm³/mol. The molecule has 0 aliphatic carbocycles. The van der Waals surface area contributed by atoms with Crippen molar-refractivity contribution in [2.24, 2.45) is 11.5 Å². The Morgan fingerprint density at radius 1 is 1.10 bits per heavy atom. The normalized spacial score (nSPS) is 12.1. The maximum absolute atomic E-state index is 11.8. The van der Waals surface area contributed by atoms with Gasteiger partial charge in [0.05, 0.1) is 6.04 Å². The summed E-state index contributed by atoms with van der Waals surface area (Å²) in [6, 6.07) is 12.8. The Hall–Kier alpha value is -2.40. The number of carbonyl (C=O) groups excluding carboxylic acids is 2. The molecule has 0 aromatic heterocycles. The number of benzene rings is 2. The van der Waals surface area contributed by atoms with Crippen LogP contribution in [-0.2, 0) is 9.59 Å². The number of amides is 2. The summed E-state index contributed by atoms with van der Waals surface area (Å²) in [6.07, 6.45) is 0.408. The highest BCUT2D eigenvalue weighted by Crippen LogP contribution is 2.19. The van der Waals surface area contributed by atoms with E-state index in [1.165, 1.54) is 0 Å². The van der Waals surface area contributed by atoms with Gasteiger partial charge < -0.3 is 16.8 Å². The molecule has 0 aliphatic heterocycles. The molecule has 5 heteroatoms. The molecule has 5 nitrogen and oxygen atoms in total. The number of hydrogen-bond donors (Lipinski definition) is 3. The second-order valence-corrected chi connectivity index (χ2v) is 4.66. The van der Waals surface area contributed by atoms with E-state index < -0.39 is 11.9 Å². The number of anilines is 1. The summed E-state index contributed by atoms with van der Waals surface area (Å²) in [7, 11) is 0. The van der Waals surface area contributed by atoms with Gasteiger partial charge in [0, 0.05) is 12.1 Å². The molecule has 1 atom stereocenters. The Balaban J connectivity index is 1.97. The van der Waals surface area contributed by atoms with Crippen LogP contribution in [0.5, 0.6) is 0 Å². The number of primary amides is 1. The first kappa shape index (κ1) is 14.0. The van der Waals surface area contributed by atoms with Gasteiger partial charge >= 0.3 is 0 Å². The summed E-state index contributed by atoms with van der Waals surface area (Å²) >= 11 is 0. The summed E-state index contributed by atoms with van der Waals surface area (Å²) in [5.74, 6) is -0.777. The highest BCUT2D eigenvalue weighted by Gasteiger charge is 2.11. The summed E-state index contributed by atoms with van der Waals surface area (Å²) < 4.78 is 0. The molecular weight excluding hydrogens is 254 g/mol. The fourth-order valence-corrected chi connectivity index (χ4v) is 1.92. The molecule has 2 aromatic carbocycles. The average molecular weight is 271 g/mol. The molecule has 0 unspecified atom stereocenters. The number of nitrogens with one attached hydrogen (secondary N) is 1. The van der Waals surface area contributed by atoms with Crippen molar-refractivity contribution < 1.29 is 9.59 Å². The molecule has 5 N–H and O–H groups in total. The molecule has 0 saturated carbocycles. The van der Waals surface area contributed by atoms with E-state index in [-0.39, 0.29) is 18.7 Å². The van der Waals surface area contributed by atoms with E-state index in [4.69, 9.17) is 11.5 Å². The van der Waals surface area contributed by atoms with Gasteiger partial charge in [0.25, 0.3) is 0 Å². The Kier molecular flexibility index (Phi) is 4.32. The summed E-state index contributed by atoms with van der Waals surface area (Å²) in [4.78, 5) is 22.5. The fourth-order valence-electron chi connectivity index (χ4n) is 1.92. The lowest BCUT2D eigenvalue weighted by Gasteiger charge is -2.08. The maximum atomic E-state index is 11.8. The second-order valence-electron chi connectivity index (χ2n) is 4.66. The molecule has 0 spiro atoms. The largest absolute Gasteiger partial charge is 0.368 e. The van der Waals surface area contributed by atoms with Crippen molar-refractivity contribution in [2.75, 3.05) is 5.32 Å². The number of rotatable bonds is 5. The zero-order valence-electron chi connectivity index (χ0n) is 11.0. The minimum absolute atomic E-state index is 0.164. The van der Waals surface area contributed by atoms with Crippen LogP contribution < -0.4 is 16.8 Å². The smallest absolute Gasteiger partial charge is 0.234 e. The van der Waals surface area contributed by atoms with Crippen molar-refractivity contribution in [1.82, 2.24) is 0 Å². The quantitative estimate of drug-likeness (QED) is 0.766. The van der Waals surface area contributed by atoms with Gasteiger partial charge in [0.2, 0.25) is 11.8 Å². The first-order valence-corrected chi connectivity index (χ1v) is 6.40. The Bertz CT molecular complexity index is 640. The van der Waals surface area contributed by atoms with Crippen LogP contribution in [0.15, 0.2) is 42.5 Å². The third kappa shape index (κ3) is 3.55. The van der Waals surface area contributed by atoms with E-state index in [9.17, 15) is 9.59 Å². The van der Waals surface area contributed by atoms with Crippen LogP contribution in [0.1, 0.15) is 12.8 Å². The number of hydrogen-bond acceptors (Lipinski definition) is 3. The highest BCUT2D eigenvalue weighted by atomic mass is 16.2. The van der Waals surface area contributed by atoms with Crippen molar-refractivity contribution in [1.29, 1.82) is 0 Å². The van der Waals surface area contributed by atoms with E-state index >= 15 is 0 Å². The van der Waals surface area contributed by atoms with Crippen molar-refractivity contribution in [3.8, 4) is 0 Å². The minimum Gasteiger partial charge on any atom is -0.368 e. The van der Waals surface area contributed by atoms with Gasteiger partial charge in [-0.15, -0.1) is 0 Å². The van der Waals surface area contributed by atoms with Crippen molar-refractivity contribution in [3.63, 3.8) is 0 Å². The van der Waals surface area contributed by atoms with Crippen LogP contribution in [0, 0.1) is 0 Å². The Morgan fingerprint density at radius 2 is 1.80 bits per heavy atom. The number of nitrogens with two attached hydrogens (primary N) is 2. The molecule has 0 bridgehead atoms. The van der Waals surface area contributed by atoms with Gasteiger partial charge in [-0.25, -0.2) is 0 Å². The topological polar surface area (TPSA) is 98.2 Å². The van der Waals surface area contributed by atoms with Crippen LogP contribution >= 0.6 is 0 Å². The standard InChI is InChI=1S/C15H17N3O2/c16-13(15(17)20)7-8-14(19)18-12-6-5-10-3-1-2-4-11(10)9-12/h1-6,9,13H,7-8,16H2,(H2,17,20)(H,18,19)/t13-/m0/s1. The van der Waals surface area contributed by atoms with Gasteiger partial charge in [-0.05, 0) is 29.3 Å². The van der Waals surface area contributed by atoms with Gasteiger partial charge in [-0.1, -0.05) is 30.3 Å². The molecule has 20 heavy (non-hydrogen) atoms. The van der Waals surface area contributed by atoms with Crippen LogP contribution in [0.25, 0.3) is 10.8 Å². The third-order valence-corrected chi connectivity index (χ3v) is 3.08. The zero-order chi connectivity index (χ0) is 14.5. The third-order valence-electron chi connectivity index (χ3n) is 3.08. The van der Waals surface area contributed by atoms with Crippen LogP contribution in [0.3, 0.4) is 0 Å². The molecule has 0 aliphatic rings. The summed E-state index contributed by atoms with van der Waals surface area (Å²) in [5.41, 5.74) is 11.2. The second kappa shape index (κ2) is 6.16. The molecule has 2 rings (SSSR count). The fraction of sp³-hybridized carbons (Fsp3) is 0.200. The SMILES string of the molecule is NC(=O)[C@@H](N)CCC(=O)Nc1ccc2ccccc2c1. The number of carbonyl (C=O) groups is 2. The molecule has 0 heterocycles.